The Balaban J connectivity index is 2.21. The number of likely N-dealkylation sites (N-methyl/N-ethyl adjacent to an activating group) is 1. The van der Waals surface area contributed by atoms with Crippen LogP contribution in [0.15, 0.2) is 11.1 Å². The smallest absolute Gasteiger partial charge is 0.295 e. The lowest BCUT2D eigenvalue weighted by molar-refractivity contribution is 0.0557. The zero-order valence-electron chi connectivity index (χ0n) is 10.8. The van der Waals surface area contributed by atoms with E-state index in [4.69, 9.17) is 4.74 Å². The molecule has 0 unspecified atom stereocenters. The van der Waals surface area contributed by atoms with Crippen LogP contribution in [-0.2, 0) is 0 Å². The molecule has 1 heterocycles. The molecular formula is C12H19N3O3. The third-order valence-electron chi connectivity index (χ3n) is 3.42. The SMILES string of the molecule is COc1c(N(C)CC2(O)CCCC2)nc[nH]c1=O. The standard InChI is InChI=1S/C12H19N3O3/c1-15(7-12(17)5-3-4-6-12)10-9(18-2)11(16)14-8-13-10/h8,17H,3-7H2,1-2H3,(H,13,14,16). The minimum absolute atomic E-state index is 0.182. The Morgan fingerprint density at radius 2 is 2.22 bits per heavy atom. The molecule has 2 rings (SSSR count). The lowest BCUT2D eigenvalue weighted by atomic mass is 10.0. The van der Waals surface area contributed by atoms with E-state index in [2.05, 4.69) is 9.97 Å². The second kappa shape index (κ2) is 4.97. The molecule has 0 aromatic carbocycles. The Morgan fingerprint density at radius 3 is 2.83 bits per heavy atom. The Bertz CT molecular complexity index is 466. The largest absolute Gasteiger partial charge is 0.489 e. The number of methoxy groups -OCH3 is 1. The first-order chi connectivity index (χ1) is 8.56. The van der Waals surface area contributed by atoms with Gasteiger partial charge < -0.3 is 19.7 Å². The van der Waals surface area contributed by atoms with Crippen LogP contribution in [0.4, 0.5) is 5.82 Å². The summed E-state index contributed by atoms with van der Waals surface area (Å²) in [5.74, 6) is 0.642. The van der Waals surface area contributed by atoms with Gasteiger partial charge in [0.1, 0.15) is 0 Å². The lowest BCUT2D eigenvalue weighted by Crippen LogP contribution is -2.40. The van der Waals surface area contributed by atoms with Gasteiger partial charge in [-0.1, -0.05) is 12.8 Å². The van der Waals surface area contributed by atoms with Gasteiger partial charge in [0.15, 0.2) is 5.82 Å². The second-order valence-electron chi connectivity index (χ2n) is 4.88. The van der Waals surface area contributed by atoms with E-state index in [1.807, 2.05) is 0 Å². The third kappa shape index (κ3) is 2.48. The molecule has 0 saturated heterocycles. The fourth-order valence-corrected chi connectivity index (χ4v) is 2.54. The van der Waals surface area contributed by atoms with Crippen LogP contribution in [0.1, 0.15) is 25.7 Å². The fourth-order valence-electron chi connectivity index (χ4n) is 2.54. The molecule has 6 nitrogen and oxygen atoms in total. The van der Waals surface area contributed by atoms with Crippen molar-refractivity contribution in [2.75, 3.05) is 25.6 Å². The second-order valence-corrected chi connectivity index (χ2v) is 4.88. The number of hydrogen-bond acceptors (Lipinski definition) is 5. The van der Waals surface area contributed by atoms with Crippen LogP contribution in [0.3, 0.4) is 0 Å². The first-order valence-electron chi connectivity index (χ1n) is 6.11. The molecule has 18 heavy (non-hydrogen) atoms. The molecule has 1 aliphatic carbocycles. The van der Waals surface area contributed by atoms with Gasteiger partial charge in [-0.2, -0.15) is 0 Å². The predicted molar refractivity (Wildman–Crippen MR) is 68.1 cm³/mol. The van der Waals surface area contributed by atoms with Gasteiger partial charge in [-0.05, 0) is 12.8 Å². The Labute approximate surface area is 106 Å². The van der Waals surface area contributed by atoms with Crippen LogP contribution in [0.5, 0.6) is 5.75 Å². The van der Waals surface area contributed by atoms with Gasteiger partial charge in [-0.3, -0.25) is 4.79 Å². The maximum atomic E-state index is 11.6. The number of nitrogens with one attached hydrogen (secondary N) is 1. The number of hydrogen-bond donors (Lipinski definition) is 2. The summed E-state index contributed by atoms with van der Waals surface area (Å²) in [5.41, 5.74) is -0.989. The quantitative estimate of drug-likeness (QED) is 0.818. The van der Waals surface area contributed by atoms with Crippen molar-refractivity contribution in [3.05, 3.63) is 16.7 Å². The highest BCUT2D eigenvalue weighted by atomic mass is 16.5. The van der Waals surface area contributed by atoms with Gasteiger partial charge >= 0.3 is 0 Å². The van der Waals surface area contributed by atoms with Gasteiger partial charge in [-0.25, -0.2) is 4.98 Å². The zero-order chi connectivity index (χ0) is 13.2. The molecule has 100 valence electrons. The maximum absolute atomic E-state index is 11.6. The van der Waals surface area contributed by atoms with E-state index >= 15 is 0 Å². The van der Waals surface area contributed by atoms with Crippen LogP contribution < -0.4 is 15.2 Å². The Kier molecular flexibility index (Phi) is 3.56. The molecule has 0 amide bonds. The summed E-state index contributed by atoms with van der Waals surface area (Å²) >= 11 is 0. The maximum Gasteiger partial charge on any atom is 0.295 e. The predicted octanol–water partition coefficient (Wildman–Crippen LogP) is 0.520. The molecule has 2 N–H and O–H groups in total. The summed E-state index contributed by atoms with van der Waals surface area (Å²) < 4.78 is 5.07. The van der Waals surface area contributed by atoms with E-state index < -0.39 is 5.60 Å². The highest BCUT2D eigenvalue weighted by Crippen LogP contribution is 2.31. The number of ether oxygens (including phenoxy) is 1. The molecule has 1 fully saturated rings. The minimum atomic E-state index is -0.677. The summed E-state index contributed by atoms with van der Waals surface area (Å²) in [6, 6.07) is 0. The van der Waals surface area contributed by atoms with Crippen LogP contribution in [0, 0.1) is 0 Å². The molecule has 0 radical (unpaired) electrons. The first kappa shape index (κ1) is 12.9. The Hall–Kier alpha value is -1.56. The summed E-state index contributed by atoms with van der Waals surface area (Å²) in [4.78, 5) is 19.9. The highest BCUT2D eigenvalue weighted by molar-refractivity contribution is 5.50. The number of nitrogens with zero attached hydrogens (tertiary/aromatic N) is 2. The fraction of sp³-hybridized carbons (Fsp3) is 0.667. The number of anilines is 1. The van der Waals surface area contributed by atoms with Crippen molar-refractivity contribution in [1.29, 1.82) is 0 Å². The van der Waals surface area contributed by atoms with Crippen molar-refractivity contribution in [2.24, 2.45) is 0 Å². The summed E-state index contributed by atoms with van der Waals surface area (Å²) in [5, 5.41) is 10.4. The molecule has 0 atom stereocenters. The van der Waals surface area contributed by atoms with Crippen LogP contribution in [-0.4, -0.2) is 41.4 Å². The van der Waals surface area contributed by atoms with Crippen molar-refractivity contribution in [3.63, 3.8) is 0 Å². The highest BCUT2D eigenvalue weighted by Gasteiger charge is 2.33. The lowest BCUT2D eigenvalue weighted by Gasteiger charge is -2.29. The van der Waals surface area contributed by atoms with Crippen LogP contribution >= 0.6 is 0 Å². The minimum Gasteiger partial charge on any atom is -0.489 e. The molecule has 0 bridgehead atoms. The van der Waals surface area contributed by atoms with E-state index in [1.54, 1.807) is 11.9 Å². The average Bonchev–Trinajstić information content (AvgIpc) is 2.75. The summed E-state index contributed by atoms with van der Waals surface area (Å²) in [7, 11) is 3.24. The molecule has 0 spiro atoms. The van der Waals surface area contributed by atoms with Crippen molar-refractivity contribution < 1.29 is 9.84 Å². The molecular weight excluding hydrogens is 234 g/mol. The number of aromatic nitrogens is 2. The van der Waals surface area contributed by atoms with Gasteiger partial charge in [0.25, 0.3) is 5.56 Å². The normalized spacial score (nSPS) is 17.7. The summed E-state index contributed by atoms with van der Waals surface area (Å²) in [6.07, 6.45) is 5.02. The molecule has 1 aliphatic rings. The molecule has 0 aliphatic heterocycles. The number of aliphatic hydroxyl groups is 1. The average molecular weight is 253 g/mol. The van der Waals surface area contributed by atoms with Crippen molar-refractivity contribution in [3.8, 4) is 5.75 Å². The van der Waals surface area contributed by atoms with E-state index in [0.717, 1.165) is 25.7 Å². The van der Waals surface area contributed by atoms with E-state index in [-0.39, 0.29) is 11.3 Å². The number of H-pyrrole nitrogens is 1. The van der Waals surface area contributed by atoms with Gasteiger partial charge in [0, 0.05) is 13.6 Å². The first-order valence-corrected chi connectivity index (χ1v) is 6.11. The third-order valence-corrected chi connectivity index (χ3v) is 3.42. The van der Waals surface area contributed by atoms with Gasteiger partial charge in [0.05, 0.1) is 19.0 Å². The molecule has 1 aromatic rings. The molecule has 1 aromatic heterocycles. The van der Waals surface area contributed by atoms with E-state index in [0.29, 0.717) is 12.4 Å². The Morgan fingerprint density at radius 1 is 1.56 bits per heavy atom. The molecule has 6 heteroatoms. The summed E-state index contributed by atoms with van der Waals surface area (Å²) in [6.45, 7) is 0.458. The van der Waals surface area contributed by atoms with Crippen LogP contribution in [0.25, 0.3) is 0 Å². The van der Waals surface area contributed by atoms with E-state index in [9.17, 15) is 9.90 Å². The monoisotopic (exact) mass is 253 g/mol. The zero-order valence-corrected chi connectivity index (χ0v) is 10.8. The van der Waals surface area contributed by atoms with Gasteiger partial charge in [0.2, 0.25) is 5.75 Å². The molecule has 1 saturated carbocycles. The number of rotatable bonds is 4. The van der Waals surface area contributed by atoms with Crippen LogP contribution in [0.2, 0.25) is 0 Å². The van der Waals surface area contributed by atoms with E-state index in [1.165, 1.54) is 13.4 Å². The van der Waals surface area contributed by atoms with Crippen molar-refractivity contribution in [1.82, 2.24) is 9.97 Å². The van der Waals surface area contributed by atoms with Gasteiger partial charge in [-0.15, -0.1) is 0 Å². The topological polar surface area (TPSA) is 78.5 Å². The number of aromatic amines is 1. The van der Waals surface area contributed by atoms with Crippen molar-refractivity contribution >= 4 is 5.82 Å². The van der Waals surface area contributed by atoms with Crippen molar-refractivity contribution in [2.45, 2.75) is 31.3 Å².